The minimum Gasteiger partial charge on any atom is -0.253 e. The number of alkyl halides is 3. The third-order valence-corrected chi connectivity index (χ3v) is 4.07. The van der Waals surface area contributed by atoms with E-state index in [0.29, 0.717) is 15.7 Å². The summed E-state index contributed by atoms with van der Waals surface area (Å²) in [4.78, 5) is 8.25. The summed E-state index contributed by atoms with van der Waals surface area (Å²) < 4.78 is 37.5. The molecule has 2 aromatic heterocycles. The summed E-state index contributed by atoms with van der Waals surface area (Å²) in [6, 6.07) is 9.51. The molecule has 2 nitrogen and oxygen atoms in total. The van der Waals surface area contributed by atoms with Crippen molar-refractivity contribution in [3.63, 3.8) is 0 Å². The van der Waals surface area contributed by atoms with Gasteiger partial charge < -0.3 is 0 Å². The Balaban J connectivity index is 1.89. The molecule has 0 amide bonds. The van der Waals surface area contributed by atoms with E-state index < -0.39 is 11.7 Å². The van der Waals surface area contributed by atoms with Crippen LogP contribution in [0.15, 0.2) is 48.0 Å². The van der Waals surface area contributed by atoms with Crippen molar-refractivity contribution in [3.8, 4) is 22.0 Å². The molecule has 0 aliphatic heterocycles. The monoisotopic (exact) mass is 340 g/mol. The Morgan fingerprint density at radius 2 is 1.68 bits per heavy atom. The van der Waals surface area contributed by atoms with Gasteiger partial charge in [-0.25, -0.2) is 4.98 Å². The van der Waals surface area contributed by atoms with Gasteiger partial charge in [-0.2, -0.15) is 13.2 Å². The van der Waals surface area contributed by atoms with Crippen molar-refractivity contribution in [3.05, 3.63) is 58.6 Å². The van der Waals surface area contributed by atoms with E-state index in [1.165, 1.54) is 17.4 Å². The second kappa shape index (κ2) is 5.70. The van der Waals surface area contributed by atoms with Crippen LogP contribution in [0.2, 0.25) is 5.02 Å². The van der Waals surface area contributed by atoms with E-state index in [2.05, 4.69) is 9.97 Å². The predicted octanol–water partition coefficient (Wildman–Crippen LogP) is 5.54. The number of hydrogen-bond acceptors (Lipinski definition) is 3. The third kappa shape index (κ3) is 3.13. The second-order valence-corrected chi connectivity index (χ2v) is 5.77. The van der Waals surface area contributed by atoms with Crippen LogP contribution in [-0.2, 0) is 6.18 Å². The highest BCUT2D eigenvalue weighted by Gasteiger charge is 2.30. The number of aromatic nitrogens is 2. The van der Waals surface area contributed by atoms with Gasteiger partial charge in [-0.3, -0.25) is 4.98 Å². The molecule has 0 spiro atoms. The van der Waals surface area contributed by atoms with Crippen molar-refractivity contribution in [2.45, 2.75) is 6.18 Å². The largest absolute Gasteiger partial charge is 0.417 e. The van der Waals surface area contributed by atoms with E-state index in [9.17, 15) is 13.2 Å². The van der Waals surface area contributed by atoms with Crippen LogP contribution in [0.3, 0.4) is 0 Å². The maximum Gasteiger partial charge on any atom is 0.417 e. The first kappa shape index (κ1) is 15.0. The van der Waals surface area contributed by atoms with E-state index >= 15 is 0 Å². The maximum absolute atomic E-state index is 12.5. The molecule has 0 radical (unpaired) electrons. The van der Waals surface area contributed by atoms with Gasteiger partial charge in [0.05, 0.1) is 17.0 Å². The van der Waals surface area contributed by atoms with Crippen LogP contribution in [-0.4, -0.2) is 9.97 Å². The van der Waals surface area contributed by atoms with Gasteiger partial charge in [0, 0.05) is 22.2 Å². The first-order chi connectivity index (χ1) is 10.4. The average Bonchev–Trinajstić information content (AvgIpc) is 2.97. The maximum atomic E-state index is 12.5. The van der Waals surface area contributed by atoms with Crippen molar-refractivity contribution in [1.29, 1.82) is 0 Å². The number of benzene rings is 1. The molecular formula is C15H8ClF3N2S. The number of pyridine rings is 1. The molecule has 0 aliphatic rings. The lowest BCUT2D eigenvalue weighted by Gasteiger charge is -2.05. The molecule has 0 N–H and O–H groups in total. The molecule has 112 valence electrons. The van der Waals surface area contributed by atoms with Crippen LogP contribution in [0.25, 0.3) is 22.0 Å². The van der Waals surface area contributed by atoms with E-state index in [1.54, 1.807) is 12.1 Å². The Bertz CT molecular complexity index is 780. The van der Waals surface area contributed by atoms with Gasteiger partial charge in [0.2, 0.25) is 0 Å². The Kier molecular flexibility index (Phi) is 3.88. The molecule has 0 saturated heterocycles. The second-order valence-electron chi connectivity index (χ2n) is 4.47. The summed E-state index contributed by atoms with van der Waals surface area (Å²) >= 11 is 7.16. The fraction of sp³-hybridized carbons (Fsp3) is 0.0667. The smallest absolute Gasteiger partial charge is 0.253 e. The Labute approximate surface area is 133 Å². The van der Waals surface area contributed by atoms with Gasteiger partial charge >= 0.3 is 6.18 Å². The van der Waals surface area contributed by atoms with Gasteiger partial charge in [0.25, 0.3) is 0 Å². The van der Waals surface area contributed by atoms with Crippen molar-refractivity contribution < 1.29 is 13.2 Å². The van der Waals surface area contributed by atoms with Crippen molar-refractivity contribution in [1.82, 2.24) is 9.97 Å². The minimum atomic E-state index is -4.39. The number of hydrogen-bond donors (Lipinski definition) is 0. The summed E-state index contributed by atoms with van der Waals surface area (Å²) in [5, 5.41) is 3.03. The van der Waals surface area contributed by atoms with Crippen LogP contribution in [0, 0.1) is 0 Å². The number of rotatable bonds is 2. The Morgan fingerprint density at radius 1 is 0.955 bits per heavy atom. The number of thiazole rings is 1. The molecule has 0 atom stereocenters. The van der Waals surface area contributed by atoms with Crippen LogP contribution >= 0.6 is 22.9 Å². The first-order valence-electron chi connectivity index (χ1n) is 6.18. The van der Waals surface area contributed by atoms with E-state index in [1.807, 2.05) is 17.5 Å². The molecule has 0 fully saturated rings. The summed E-state index contributed by atoms with van der Waals surface area (Å²) in [5.74, 6) is 0. The average molecular weight is 341 g/mol. The molecular weight excluding hydrogens is 333 g/mol. The van der Waals surface area contributed by atoms with Crippen LogP contribution in [0.1, 0.15) is 5.56 Å². The lowest BCUT2D eigenvalue weighted by molar-refractivity contribution is -0.137. The zero-order valence-corrected chi connectivity index (χ0v) is 12.5. The van der Waals surface area contributed by atoms with Crippen LogP contribution < -0.4 is 0 Å². The van der Waals surface area contributed by atoms with Gasteiger partial charge in [0.15, 0.2) is 0 Å². The molecule has 3 aromatic rings. The van der Waals surface area contributed by atoms with Crippen molar-refractivity contribution in [2.24, 2.45) is 0 Å². The Hall–Kier alpha value is -1.92. The minimum absolute atomic E-state index is 0.415. The normalized spacial score (nSPS) is 11.6. The first-order valence-corrected chi connectivity index (χ1v) is 7.44. The summed E-state index contributed by atoms with van der Waals surface area (Å²) in [6.45, 7) is 0. The van der Waals surface area contributed by atoms with Crippen molar-refractivity contribution in [2.75, 3.05) is 0 Å². The Morgan fingerprint density at radius 3 is 2.27 bits per heavy atom. The van der Waals surface area contributed by atoms with Crippen LogP contribution in [0.4, 0.5) is 13.2 Å². The molecule has 0 aliphatic carbocycles. The van der Waals surface area contributed by atoms with E-state index in [0.717, 1.165) is 23.5 Å². The lowest BCUT2D eigenvalue weighted by atomic mass is 10.2. The van der Waals surface area contributed by atoms with Gasteiger partial charge in [-0.1, -0.05) is 23.7 Å². The SMILES string of the molecule is FC(F)(F)c1ccc(-c2nc(-c3ccc(Cl)cc3)cs2)nc1. The number of nitrogens with zero attached hydrogens (tertiary/aromatic N) is 2. The molecule has 7 heteroatoms. The van der Waals surface area contributed by atoms with Gasteiger partial charge in [-0.15, -0.1) is 11.3 Å². The summed E-state index contributed by atoms with van der Waals surface area (Å²) in [7, 11) is 0. The molecule has 0 saturated carbocycles. The standard InChI is InChI=1S/C15H8ClF3N2S/c16-11-4-1-9(2-5-11)13-8-22-14(21-13)12-6-3-10(7-20-12)15(17,18)19/h1-8H. The molecule has 3 rings (SSSR count). The quantitative estimate of drug-likeness (QED) is 0.611. The van der Waals surface area contributed by atoms with E-state index in [4.69, 9.17) is 11.6 Å². The van der Waals surface area contributed by atoms with Gasteiger partial charge in [0.1, 0.15) is 5.01 Å². The fourth-order valence-corrected chi connectivity index (χ4v) is 2.76. The molecule has 22 heavy (non-hydrogen) atoms. The van der Waals surface area contributed by atoms with Crippen LogP contribution in [0.5, 0.6) is 0 Å². The zero-order chi connectivity index (χ0) is 15.7. The highest BCUT2D eigenvalue weighted by Crippen LogP contribution is 2.32. The highest BCUT2D eigenvalue weighted by molar-refractivity contribution is 7.13. The predicted molar refractivity (Wildman–Crippen MR) is 80.8 cm³/mol. The van der Waals surface area contributed by atoms with Crippen molar-refractivity contribution >= 4 is 22.9 Å². The molecule has 1 aromatic carbocycles. The summed E-state index contributed by atoms with van der Waals surface area (Å²) in [6.07, 6.45) is -3.57. The topological polar surface area (TPSA) is 25.8 Å². The molecule has 0 unspecified atom stereocenters. The molecule has 0 bridgehead atoms. The van der Waals surface area contributed by atoms with E-state index in [-0.39, 0.29) is 0 Å². The van der Waals surface area contributed by atoms with Gasteiger partial charge in [-0.05, 0) is 24.3 Å². The third-order valence-electron chi connectivity index (χ3n) is 2.95. The highest BCUT2D eigenvalue weighted by atomic mass is 35.5. The zero-order valence-electron chi connectivity index (χ0n) is 10.9. The lowest BCUT2D eigenvalue weighted by Crippen LogP contribution is -2.05. The summed E-state index contributed by atoms with van der Waals surface area (Å²) in [5.41, 5.74) is 1.26. The fourth-order valence-electron chi connectivity index (χ4n) is 1.83. The molecule has 2 heterocycles. The number of halogens is 4.